The molecule has 1 heterocycles. The van der Waals surface area contributed by atoms with Gasteiger partial charge in [0.1, 0.15) is 0 Å². The highest BCUT2D eigenvalue weighted by Crippen LogP contribution is 2.22. The number of hydrogen-bond acceptors (Lipinski definition) is 3. The maximum atomic E-state index is 12.3. The Morgan fingerprint density at radius 3 is 2.95 bits per heavy atom. The number of hydrogen-bond donors (Lipinski definition) is 2. The number of aromatic nitrogens is 2. The van der Waals surface area contributed by atoms with Crippen LogP contribution in [0.4, 0.5) is 0 Å². The second-order valence-electron chi connectivity index (χ2n) is 5.75. The zero-order valence-corrected chi connectivity index (χ0v) is 12.6. The van der Waals surface area contributed by atoms with Crippen LogP contribution >= 0.6 is 0 Å². The summed E-state index contributed by atoms with van der Waals surface area (Å²) < 4.78 is 1.80. The summed E-state index contributed by atoms with van der Waals surface area (Å²) in [5.41, 5.74) is 8.29. The van der Waals surface area contributed by atoms with Crippen LogP contribution in [0.2, 0.25) is 0 Å². The summed E-state index contributed by atoms with van der Waals surface area (Å²) in [6.07, 6.45) is 8.19. The van der Waals surface area contributed by atoms with Crippen molar-refractivity contribution in [1.29, 1.82) is 0 Å². The van der Waals surface area contributed by atoms with E-state index in [4.69, 9.17) is 5.73 Å². The van der Waals surface area contributed by atoms with E-state index in [0.29, 0.717) is 6.54 Å². The molecule has 0 aromatic carbocycles. The summed E-state index contributed by atoms with van der Waals surface area (Å²) in [5.74, 6) is 0.0737. The molecular formula is C15H26N4O. The Morgan fingerprint density at radius 1 is 1.45 bits per heavy atom. The molecule has 0 radical (unpaired) electrons. The first-order valence-corrected chi connectivity index (χ1v) is 7.66. The molecule has 1 aliphatic rings. The Labute approximate surface area is 120 Å². The molecule has 112 valence electrons. The van der Waals surface area contributed by atoms with Gasteiger partial charge in [-0.25, -0.2) is 0 Å². The molecule has 3 N–H and O–H groups in total. The number of carbonyl (C=O) groups is 1. The number of aryl methyl sites for hydroxylation is 2. The van der Waals surface area contributed by atoms with Crippen molar-refractivity contribution in [1.82, 2.24) is 15.1 Å². The lowest BCUT2D eigenvalue weighted by molar-refractivity contribution is -0.126. The molecule has 20 heavy (non-hydrogen) atoms. The summed E-state index contributed by atoms with van der Waals surface area (Å²) >= 11 is 0. The number of nitrogens with one attached hydrogen (secondary N) is 1. The number of rotatable bonds is 4. The van der Waals surface area contributed by atoms with Gasteiger partial charge in [0.2, 0.25) is 5.91 Å². The van der Waals surface area contributed by atoms with Gasteiger partial charge < -0.3 is 11.1 Å². The number of carbonyl (C=O) groups excluding carboxylic acids is 1. The van der Waals surface area contributed by atoms with Crippen molar-refractivity contribution >= 4 is 5.91 Å². The lowest BCUT2D eigenvalue weighted by Crippen LogP contribution is -2.41. The van der Waals surface area contributed by atoms with Gasteiger partial charge in [-0.15, -0.1) is 0 Å². The molecule has 1 aliphatic carbocycles. The molecular weight excluding hydrogens is 252 g/mol. The van der Waals surface area contributed by atoms with E-state index < -0.39 is 0 Å². The Kier molecular flexibility index (Phi) is 5.17. The molecule has 1 saturated carbocycles. The van der Waals surface area contributed by atoms with E-state index in [1.54, 1.807) is 4.68 Å². The van der Waals surface area contributed by atoms with Gasteiger partial charge in [-0.05, 0) is 19.3 Å². The fourth-order valence-electron chi connectivity index (χ4n) is 3.00. The molecule has 2 rings (SSSR count). The van der Waals surface area contributed by atoms with Crippen molar-refractivity contribution in [2.24, 2.45) is 18.7 Å². The van der Waals surface area contributed by atoms with Crippen LogP contribution in [0.5, 0.6) is 0 Å². The Bertz CT molecular complexity index is 455. The Hall–Kier alpha value is -1.36. The van der Waals surface area contributed by atoms with E-state index in [9.17, 15) is 4.79 Å². The van der Waals surface area contributed by atoms with Crippen LogP contribution in [0.1, 0.15) is 50.3 Å². The average molecular weight is 278 g/mol. The summed E-state index contributed by atoms with van der Waals surface area (Å²) in [5, 5.41) is 7.43. The number of nitrogens with two attached hydrogens (primary N) is 1. The largest absolute Gasteiger partial charge is 0.352 e. The molecule has 0 spiro atoms. The van der Waals surface area contributed by atoms with Crippen LogP contribution < -0.4 is 11.1 Å². The van der Waals surface area contributed by atoms with Crippen molar-refractivity contribution in [3.63, 3.8) is 0 Å². The van der Waals surface area contributed by atoms with E-state index in [-0.39, 0.29) is 17.9 Å². The zero-order valence-electron chi connectivity index (χ0n) is 12.6. The van der Waals surface area contributed by atoms with E-state index in [1.165, 1.54) is 6.42 Å². The Balaban J connectivity index is 1.93. The lowest BCUT2D eigenvalue weighted by atomic mass is 9.94. The van der Waals surface area contributed by atoms with Gasteiger partial charge in [0, 0.05) is 31.4 Å². The van der Waals surface area contributed by atoms with E-state index >= 15 is 0 Å². The van der Waals surface area contributed by atoms with Gasteiger partial charge in [0.25, 0.3) is 0 Å². The minimum absolute atomic E-state index is 0.0112. The molecule has 1 fully saturated rings. The third kappa shape index (κ3) is 3.60. The monoisotopic (exact) mass is 278 g/mol. The molecule has 0 aliphatic heterocycles. The highest BCUT2D eigenvalue weighted by atomic mass is 16.1. The van der Waals surface area contributed by atoms with Gasteiger partial charge in [-0.3, -0.25) is 9.48 Å². The molecule has 1 aromatic rings. The number of nitrogens with zero attached hydrogens (tertiary/aromatic N) is 2. The summed E-state index contributed by atoms with van der Waals surface area (Å²) in [6.45, 7) is 2.63. The van der Waals surface area contributed by atoms with E-state index in [0.717, 1.165) is 43.4 Å². The normalized spacial score (nSPS) is 23.4. The lowest BCUT2D eigenvalue weighted by Gasteiger charge is -2.20. The maximum absolute atomic E-state index is 12.3. The molecule has 5 heteroatoms. The SMILES string of the molecule is CCc1nn(C)cc1CNC(=O)C1CCCCCC1N. The second kappa shape index (κ2) is 6.88. The predicted octanol–water partition coefficient (Wildman–Crippen LogP) is 1.51. The van der Waals surface area contributed by atoms with Crippen LogP contribution in [0.25, 0.3) is 0 Å². The summed E-state index contributed by atoms with van der Waals surface area (Å²) in [4.78, 5) is 12.3. The fourth-order valence-corrected chi connectivity index (χ4v) is 3.00. The van der Waals surface area contributed by atoms with E-state index in [2.05, 4.69) is 17.3 Å². The van der Waals surface area contributed by atoms with Crippen LogP contribution in [0.3, 0.4) is 0 Å². The van der Waals surface area contributed by atoms with Crippen molar-refractivity contribution in [3.05, 3.63) is 17.5 Å². The highest BCUT2D eigenvalue weighted by Gasteiger charge is 2.26. The smallest absolute Gasteiger partial charge is 0.224 e. The maximum Gasteiger partial charge on any atom is 0.224 e. The minimum Gasteiger partial charge on any atom is -0.352 e. The van der Waals surface area contributed by atoms with Gasteiger partial charge in [0.15, 0.2) is 0 Å². The van der Waals surface area contributed by atoms with Gasteiger partial charge in [-0.2, -0.15) is 5.10 Å². The topological polar surface area (TPSA) is 72.9 Å². The molecule has 0 saturated heterocycles. The standard InChI is InChI=1S/C15H26N4O/c1-3-14-11(10-19(2)18-14)9-17-15(20)12-7-5-4-6-8-13(12)16/h10,12-13H,3-9,16H2,1-2H3,(H,17,20). The molecule has 2 atom stereocenters. The highest BCUT2D eigenvalue weighted by molar-refractivity contribution is 5.79. The molecule has 1 amide bonds. The van der Waals surface area contributed by atoms with Crippen LogP contribution in [-0.2, 0) is 24.8 Å². The summed E-state index contributed by atoms with van der Waals surface area (Å²) in [7, 11) is 1.91. The Morgan fingerprint density at radius 2 is 2.20 bits per heavy atom. The van der Waals surface area contributed by atoms with E-state index in [1.807, 2.05) is 13.2 Å². The van der Waals surface area contributed by atoms with Crippen LogP contribution in [0, 0.1) is 5.92 Å². The van der Waals surface area contributed by atoms with Crippen molar-refractivity contribution in [3.8, 4) is 0 Å². The molecule has 0 bridgehead atoms. The first kappa shape index (κ1) is 15.0. The van der Waals surface area contributed by atoms with Crippen molar-refractivity contribution in [2.45, 2.75) is 58.0 Å². The van der Waals surface area contributed by atoms with Crippen molar-refractivity contribution < 1.29 is 4.79 Å². The van der Waals surface area contributed by atoms with Gasteiger partial charge >= 0.3 is 0 Å². The van der Waals surface area contributed by atoms with Gasteiger partial charge in [-0.1, -0.05) is 26.2 Å². The summed E-state index contributed by atoms with van der Waals surface area (Å²) in [6, 6.07) is 0.0112. The third-order valence-electron chi connectivity index (χ3n) is 4.19. The fraction of sp³-hybridized carbons (Fsp3) is 0.733. The molecule has 1 aromatic heterocycles. The van der Waals surface area contributed by atoms with Crippen molar-refractivity contribution in [2.75, 3.05) is 0 Å². The minimum atomic E-state index is -0.0285. The third-order valence-corrected chi connectivity index (χ3v) is 4.19. The van der Waals surface area contributed by atoms with Crippen LogP contribution in [-0.4, -0.2) is 21.7 Å². The quantitative estimate of drug-likeness (QED) is 0.820. The number of amides is 1. The molecule has 5 nitrogen and oxygen atoms in total. The van der Waals surface area contributed by atoms with Gasteiger partial charge in [0.05, 0.1) is 11.6 Å². The predicted molar refractivity (Wildman–Crippen MR) is 79.0 cm³/mol. The zero-order chi connectivity index (χ0) is 14.5. The first-order valence-electron chi connectivity index (χ1n) is 7.66. The first-order chi connectivity index (χ1) is 9.61. The average Bonchev–Trinajstić information content (AvgIpc) is 2.65. The second-order valence-corrected chi connectivity index (χ2v) is 5.75. The van der Waals surface area contributed by atoms with Crippen LogP contribution in [0.15, 0.2) is 6.20 Å². The molecule has 2 unspecified atom stereocenters.